The van der Waals surface area contributed by atoms with Crippen LogP contribution in [0.5, 0.6) is 17.2 Å². The lowest BCUT2D eigenvalue weighted by Gasteiger charge is -2.01. The van der Waals surface area contributed by atoms with E-state index in [1.807, 2.05) is 0 Å². The maximum Gasteiger partial charge on any atom is 0.335 e. The van der Waals surface area contributed by atoms with Crippen LogP contribution < -0.4 is 0 Å². The van der Waals surface area contributed by atoms with Crippen molar-refractivity contribution in [2.24, 2.45) is 0 Å². The average molecular weight is 304 g/mol. The number of aromatic hydroxyl groups is 3. The first-order valence-corrected chi connectivity index (χ1v) is 5.97. The Hall–Kier alpha value is -2.03. The molecule has 0 fully saturated rings. The van der Waals surface area contributed by atoms with Gasteiger partial charge in [-0.25, -0.2) is 4.79 Å². The van der Waals surface area contributed by atoms with Crippen molar-refractivity contribution in [2.75, 3.05) is 40.6 Å². The molecule has 0 aliphatic carbocycles. The molecule has 0 saturated heterocycles. The van der Waals surface area contributed by atoms with Gasteiger partial charge < -0.3 is 34.6 Å². The molecule has 0 bridgehead atoms. The Kier molecular flexibility index (Phi) is 9.69. The van der Waals surface area contributed by atoms with Gasteiger partial charge in [-0.1, -0.05) is 0 Å². The van der Waals surface area contributed by atoms with Crippen LogP contribution in [0.1, 0.15) is 10.4 Å². The van der Waals surface area contributed by atoms with E-state index in [0.717, 1.165) is 12.1 Å². The first-order chi connectivity index (χ1) is 9.93. The highest BCUT2D eigenvalue weighted by atomic mass is 16.5. The molecule has 0 atom stereocenters. The monoisotopic (exact) mass is 304 g/mol. The summed E-state index contributed by atoms with van der Waals surface area (Å²) < 4.78 is 14.6. The number of ether oxygens (including phenoxy) is 3. The van der Waals surface area contributed by atoms with E-state index in [1.54, 1.807) is 14.2 Å². The van der Waals surface area contributed by atoms with E-state index in [-0.39, 0.29) is 5.56 Å². The van der Waals surface area contributed by atoms with Crippen LogP contribution in [-0.4, -0.2) is 67.0 Å². The van der Waals surface area contributed by atoms with Crippen LogP contribution in [0.15, 0.2) is 12.1 Å². The molecule has 1 aromatic carbocycles. The lowest BCUT2D eigenvalue weighted by atomic mass is 10.2. The predicted octanol–water partition coefficient (Wildman–Crippen LogP) is 0.797. The number of aromatic carboxylic acids is 1. The van der Waals surface area contributed by atoms with Crippen molar-refractivity contribution >= 4 is 5.97 Å². The zero-order chi connectivity index (χ0) is 16.3. The molecule has 21 heavy (non-hydrogen) atoms. The molecule has 0 unspecified atom stereocenters. The van der Waals surface area contributed by atoms with Crippen LogP contribution in [0.3, 0.4) is 0 Å². The second kappa shape index (κ2) is 10.7. The maximum atomic E-state index is 10.3. The fourth-order valence-corrected chi connectivity index (χ4v) is 1.11. The highest BCUT2D eigenvalue weighted by Gasteiger charge is 2.11. The molecule has 0 spiro atoms. The van der Waals surface area contributed by atoms with Crippen LogP contribution in [0, 0.1) is 0 Å². The van der Waals surface area contributed by atoms with E-state index in [0.29, 0.717) is 26.4 Å². The number of phenols is 3. The number of carboxylic acid groups (broad SMARTS) is 1. The Labute approximate surface area is 122 Å². The second-order valence-corrected chi connectivity index (χ2v) is 3.77. The van der Waals surface area contributed by atoms with E-state index in [1.165, 1.54) is 0 Å². The summed E-state index contributed by atoms with van der Waals surface area (Å²) in [5.74, 6) is -3.33. The summed E-state index contributed by atoms with van der Waals surface area (Å²) >= 11 is 0. The van der Waals surface area contributed by atoms with Crippen LogP contribution in [-0.2, 0) is 14.2 Å². The third-order valence-corrected chi connectivity index (χ3v) is 2.18. The van der Waals surface area contributed by atoms with Gasteiger partial charge in [0.05, 0.1) is 32.0 Å². The van der Waals surface area contributed by atoms with Crippen molar-refractivity contribution < 1.29 is 39.4 Å². The highest BCUT2D eigenvalue weighted by Crippen LogP contribution is 2.35. The molecule has 0 heterocycles. The fourth-order valence-electron chi connectivity index (χ4n) is 1.11. The number of hydrogen-bond acceptors (Lipinski definition) is 7. The second-order valence-electron chi connectivity index (χ2n) is 3.77. The molecular formula is C13H20O8. The van der Waals surface area contributed by atoms with Gasteiger partial charge in [-0.2, -0.15) is 0 Å². The molecule has 8 heteroatoms. The summed E-state index contributed by atoms with van der Waals surface area (Å²) in [5.41, 5.74) is -0.289. The van der Waals surface area contributed by atoms with Gasteiger partial charge in [0.25, 0.3) is 0 Å². The van der Waals surface area contributed by atoms with Gasteiger partial charge >= 0.3 is 5.97 Å². The Balaban J connectivity index is 0.000000400. The summed E-state index contributed by atoms with van der Waals surface area (Å²) in [6.45, 7) is 2.62. The minimum Gasteiger partial charge on any atom is -0.504 e. The average Bonchev–Trinajstić information content (AvgIpc) is 2.44. The number of methoxy groups -OCH3 is 2. The molecule has 0 aromatic heterocycles. The van der Waals surface area contributed by atoms with Gasteiger partial charge in [0, 0.05) is 14.2 Å². The molecular weight excluding hydrogens is 284 g/mol. The Morgan fingerprint density at radius 3 is 1.71 bits per heavy atom. The zero-order valence-electron chi connectivity index (χ0n) is 11.9. The van der Waals surface area contributed by atoms with Crippen LogP contribution in [0.4, 0.5) is 0 Å². The van der Waals surface area contributed by atoms with E-state index < -0.39 is 23.2 Å². The Morgan fingerprint density at radius 2 is 1.38 bits per heavy atom. The smallest absolute Gasteiger partial charge is 0.335 e. The van der Waals surface area contributed by atoms with Gasteiger partial charge in [-0.15, -0.1) is 0 Å². The Bertz CT molecular complexity index is 403. The fraction of sp³-hybridized carbons (Fsp3) is 0.462. The number of phenolic OH excluding ortho intramolecular Hbond substituents is 3. The minimum atomic E-state index is -1.29. The minimum absolute atomic E-state index is 0.289. The number of rotatable bonds is 7. The molecule has 4 N–H and O–H groups in total. The van der Waals surface area contributed by atoms with Gasteiger partial charge in [0.1, 0.15) is 0 Å². The number of carbonyl (C=O) groups is 1. The third-order valence-electron chi connectivity index (χ3n) is 2.18. The number of hydrogen-bond donors (Lipinski definition) is 4. The van der Waals surface area contributed by atoms with Crippen molar-refractivity contribution in [3.63, 3.8) is 0 Å². The molecule has 120 valence electrons. The van der Waals surface area contributed by atoms with Crippen molar-refractivity contribution in [1.29, 1.82) is 0 Å². The van der Waals surface area contributed by atoms with E-state index in [2.05, 4.69) is 0 Å². The molecule has 0 aliphatic heterocycles. The Morgan fingerprint density at radius 1 is 0.952 bits per heavy atom. The standard InChI is InChI=1S/C7H6O5.C6H14O3/c8-4-1-3(7(11)12)2-5(9)6(4)10;1-7-3-5-9-6-4-8-2/h1-2,8-10H,(H,11,12);3-6H2,1-2H3. The summed E-state index contributed by atoms with van der Waals surface area (Å²) in [6.07, 6.45) is 0. The van der Waals surface area contributed by atoms with Crippen molar-refractivity contribution in [1.82, 2.24) is 0 Å². The maximum absolute atomic E-state index is 10.3. The SMILES string of the molecule is COCCOCCOC.O=C(O)c1cc(O)c(O)c(O)c1. The van der Waals surface area contributed by atoms with Crippen molar-refractivity contribution in [3.05, 3.63) is 17.7 Å². The summed E-state index contributed by atoms with van der Waals surface area (Å²) in [6, 6.07) is 1.69. The largest absolute Gasteiger partial charge is 0.504 e. The van der Waals surface area contributed by atoms with Crippen LogP contribution in [0.25, 0.3) is 0 Å². The summed E-state index contributed by atoms with van der Waals surface area (Å²) in [7, 11) is 3.30. The third kappa shape index (κ3) is 7.98. The predicted molar refractivity (Wildman–Crippen MR) is 73.0 cm³/mol. The number of carboxylic acids is 1. The van der Waals surface area contributed by atoms with Gasteiger partial charge in [-0.3, -0.25) is 0 Å². The summed E-state index contributed by atoms with van der Waals surface area (Å²) in [5, 5.41) is 35.0. The van der Waals surface area contributed by atoms with Crippen LogP contribution in [0.2, 0.25) is 0 Å². The van der Waals surface area contributed by atoms with Crippen molar-refractivity contribution in [2.45, 2.75) is 0 Å². The topological polar surface area (TPSA) is 126 Å². The molecule has 0 amide bonds. The highest BCUT2D eigenvalue weighted by molar-refractivity contribution is 5.89. The number of benzene rings is 1. The normalized spacial score (nSPS) is 9.81. The van der Waals surface area contributed by atoms with Gasteiger partial charge in [0.15, 0.2) is 17.2 Å². The molecule has 1 aromatic rings. The first-order valence-electron chi connectivity index (χ1n) is 5.97. The molecule has 8 nitrogen and oxygen atoms in total. The van der Waals surface area contributed by atoms with E-state index >= 15 is 0 Å². The molecule has 0 saturated carbocycles. The lowest BCUT2D eigenvalue weighted by Crippen LogP contribution is -2.06. The molecule has 1 rings (SSSR count). The molecule has 0 radical (unpaired) electrons. The lowest BCUT2D eigenvalue weighted by molar-refractivity contribution is 0.0385. The quantitative estimate of drug-likeness (QED) is 0.430. The zero-order valence-corrected chi connectivity index (χ0v) is 11.9. The van der Waals surface area contributed by atoms with Crippen molar-refractivity contribution in [3.8, 4) is 17.2 Å². The van der Waals surface area contributed by atoms with E-state index in [4.69, 9.17) is 34.6 Å². The van der Waals surface area contributed by atoms with Gasteiger partial charge in [0.2, 0.25) is 0 Å². The van der Waals surface area contributed by atoms with Gasteiger partial charge in [-0.05, 0) is 12.1 Å². The van der Waals surface area contributed by atoms with E-state index in [9.17, 15) is 4.79 Å². The summed E-state index contributed by atoms with van der Waals surface area (Å²) in [4.78, 5) is 10.3. The molecule has 0 aliphatic rings. The first kappa shape index (κ1) is 19.0. The van der Waals surface area contributed by atoms with Crippen LogP contribution >= 0.6 is 0 Å².